The summed E-state index contributed by atoms with van der Waals surface area (Å²) < 4.78 is 2.58. The molecule has 0 saturated carbocycles. The first-order valence-corrected chi connectivity index (χ1v) is 7.16. The lowest BCUT2D eigenvalue weighted by Gasteiger charge is -2.26. The van der Waals surface area contributed by atoms with E-state index in [9.17, 15) is 4.79 Å². The van der Waals surface area contributed by atoms with Gasteiger partial charge in [0.15, 0.2) is 0 Å². The number of aromatic nitrogens is 2. The topological polar surface area (TPSA) is 64.2 Å². The van der Waals surface area contributed by atoms with E-state index in [1.165, 1.54) is 5.56 Å². The predicted octanol–water partition coefficient (Wildman–Crippen LogP) is 2.34. The van der Waals surface area contributed by atoms with Gasteiger partial charge in [0.1, 0.15) is 4.60 Å². The molecule has 20 heavy (non-hydrogen) atoms. The molecule has 1 aliphatic rings. The molecule has 0 fully saturated rings. The highest BCUT2D eigenvalue weighted by atomic mass is 79.9. The Morgan fingerprint density at radius 2 is 2.05 bits per heavy atom. The van der Waals surface area contributed by atoms with Crippen LogP contribution in [0.4, 0.5) is 11.6 Å². The summed E-state index contributed by atoms with van der Waals surface area (Å²) in [5.41, 5.74) is 9.98. The summed E-state index contributed by atoms with van der Waals surface area (Å²) in [6, 6.07) is 6.09. The second-order valence-electron chi connectivity index (χ2n) is 4.96. The quantitative estimate of drug-likeness (QED) is 0.870. The van der Waals surface area contributed by atoms with Crippen LogP contribution in [0.2, 0.25) is 0 Å². The van der Waals surface area contributed by atoms with E-state index in [0.29, 0.717) is 12.4 Å². The summed E-state index contributed by atoms with van der Waals surface area (Å²) in [4.78, 5) is 17.6. The molecule has 0 bridgehead atoms. The Morgan fingerprint density at radius 3 is 2.70 bits per heavy atom. The molecular weight excluding hydrogens is 320 g/mol. The van der Waals surface area contributed by atoms with Crippen molar-refractivity contribution in [3.8, 4) is 11.3 Å². The van der Waals surface area contributed by atoms with Crippen LogP contribution >= 0.6 is 15.9 Å². The number of amides is 1. The van der Waals surface area contributed by atoms with E-state index in [0.717, 1.165) is 28.0 Å². The Kier molecular flexibility index (Phi) is 3.05. The number of benzene rings is 1. The number of aryl methyl sites for hydroxylation is 1. The molecule has 0 atom stereocenters. The number of nitrogens with two attached hydrogens (primary N) is 1. The number of nitrogens with zero attached hydrogens (tertiary/aromatic N) is 3. The Balaban J connectivity index is 2.12. The Labute approximate surface area is 125 Å². The summed E-state index contributed by atoms with van der Waals surface area (Å²) in [6.07, 6.45) is 1.33. The van der Waals surface area contributed by atoms with E-state index < -0.39 is 0 Å². The number of imidazole rings is 1. The average molecular weight is 335 g/mol. The van der Waals surface area contributed by atoms with Crippen molar-refractivity contribution < 1.29 is 4.79 Å². The second-order valence-corrected chi connectivity index (χ2v) is 5.72. The summed E-state index contributed by atoms with van der Waals surface area (Å²) in [7, 11) is 3.70. The van der Waals surface area contributed by atoms with Crippen molar-refractivity contribution in [3.05, 3.63) is 28.4 Å². The van der Waals surface area contributed by atoms with Crippen LogP contribution < -0.4 is 10.6 Å². The lowest BCUT2D eigenvalue weighted by atomic mass is 9.98. The van der Waals surface area contributed by atoms with Gasteiger partial charge >= 0.3 is 0 Å². The van der Waals surface area contributed by atoms with E-state index in [2.05, 4.69) is 27.0 Å². The molecule has 3 rings (SSSR count). The van der Waals surface area contributed by atoms with Crippen LogP contribution in [-0.4, -0.2) is 22.5 Å². The summed E-state index contributed by atoms with van der Waals surface area (Å²) in [5, 5.41) is 0. The molecule has 1 aromatic heterocycles. The Bertz CT molecular complexity index is 707. The van der Waals surface area contributed by atoms with E-state index >= 15 is 0 Å². The van der Waals surface area contributed by atoms with Crippen LogP contribution in [0, 0.1) is 0 Å². The first-order chi connectivity index (χ1) is 9.49. The first-order valence-electron chi connectivity index (χ1n) is 6.36. The van der Waals surface area contributed by atoms with Gasteiger partial charge in [-0.2, -0.15) is 0 Å². The zero-order valence-corrected chi connectivity index (χ0v) is 12.9. The smallest absolute Gasteiger partial charge is 0.227 e. The maximum absolute atomic E-state index is 11.7. The number of anilines is 2. The van der Waals surface area contributed by atoms with Crippen molar-refractivity contribution in [2.45, 2.75) is 12.8 Å². The molecule has 1 aromatic carbocycles. The third kappa shape index (κ3) is 1.91. The molecule has 5 nitrogen and oxygen atoms in total. The summed E-state index contributed by atoms with van der Waals surface area (Å²) in [6.45, 7) is 0. The zero-order chi connectivity index (χ0) is 14.4. The van der Waals surface area contributed by atoms with Gasteiger partial charge in [-0.15, -0.1) is 0 Å². The SMILES string of the molecule is CN1C(=O)CCc2cc(-c3c(Br)nc(N)n3C)ccc21. The van der Waals surface area contributed by atoms with Crippen molar-refractivity contribution >= 4 is 33.5 Å². The molecule has 0 unspecified atom stereocenters. The predicted molar refractivity (Wildman–Crippen MR) is 82.5 cm³/mol. The minimum atomic E-state index is 0.163. The van der Waals surface area contributed by atoms with E-state index in [4.69, 9.17) is 5.73 Å². The minimum Gasteiger partial charge on any atom is -0.369 e. The second kappa shape index (κ2) is 4.63. The van der Waals surface area contributed by atoms with Gasteiger partial charge in [-0.25, -0.2) is 4.98 Å². The maximum Gasteiger partial charge on any atom is 0.227 e. The van der Waals surface area contributed by atoms with E-state index in [-0.39, 0.29) is 5.91 Å². The third-order valence-electron chi connectivity index (χ3n) is 3.78. The monoisotopic (exact) mass is 334 g/mol. The van der Waals surface area contributed by atoms with Crippen molar-refractivity contribution in [2.24, 2.45) is 7.05 Å². The number of carbonyl (C=O) groups is 1. The molecule has 0 spiro atoms. The number of carbonyl (C=O) groups excluding carboxylic acids is 1. The largest absolute Gasteiger partial charge is 0.369 e. The highest BCUT2D eigenvalue weighted by Gasteiger charge is 2.22. The number of fused-ring (bicyclic) bond motifs is 1. The standard InChI is InChI=1S/C14H15BrN4O/c1-18-10-5-3-9(7-8(10)4-6-11(18)20)12-13(15)17-14(16)19(12)2/h3,5,7H,4,6H2,1-2H3,(H2,16,17). The number of rotatable bonds is 1. The first kappa shape index (κ1) is 13.2. The van der Waals surface area contributed by atoms with Crippen LogP contribution in [0.1, 0.15) is 12.0 Å². The molecule has 2 N–H and O–H groups in total. The molecule has 1 aliphatic heterocycles. The van der Waals surface area contributed by atoms with Crippen molar-refractivity contribution in [3.63, 3.8) is 0 Å². The molecule has 6 heteroatoms. The zero-order valence-electron chi connectivity index (χ0n) is 11.4. The van der Waals surface area contributed by atoms with Gasteiger partial charge in [-0.1, -0.05) is 6.07 Å². The van der Waals surface area contributed by atoms with Crippen molar-refractivity contribution in [1.82, 2.24) is 9.55 Å². The molecule has 104 valence electrons. The average Bonchev–Trinajstić information content (AvgIpc) is 2.67. The summed E-state index contributed by atoms with van der Waals surface area (Å²) >= 11 is 3.45. The number of hydrogen-bond acceptors (Lipinski definition) is 3. The van der Waals surface area contributed by atoms with Crippen LogP contribution in [0.15, 0.2) is 22.8 Å². The van der Waals surface area contributed by atoms with E-state index in [1.807, 2.05) is 30.8 Å². The van der Waals surface area contributed by atoms with Crippen molar-refractivity contribution in [2.75, 3.05) is 17.7 Å². The number of halogens is 1. The molecular formula is C14H15BrN4O. The van der Waals surface area contributed by atoms with Gasteiger partial charge in [-0.05, 0) is 40.0 Å². The van der Waals surface area contributed by atoms with Gasteiger partial charge in [0.2, 0.25) is 11.9 Å². The van der Waals surface area contributed by atoms with Gasteiger partial charge in [0.05, 0.1) is 5.69 Å². The van der Waals surface area contributed by atoms with Gasteiger partial charge in [0.25, 0.3) is 0 Å². The molecule has 0 radical (unpaired) electrons. The molecule has 1 amide bonds. The fraction of sp³-hybridized carbons (Fsp3) is 0.286. The Morgan fingerprint density at radius 1 is 1.30 bits per heavy atom. The highest BCUT2D eigenvalue weighted by molar-refractivity contribution is 9.10. The van der Waals surface area contributed by atoms with Crippen molar-refractivity contribution in [1.29, 1.82) is 0 Å². The highest BCUT2D eigenvalue weighted by Crippen LogP contribution is 2.34. The lowest BCUT2D eigenvalue weighted by Crippen LogP contribution is -2.31. The number of nitrogen functional groups attached to an aromatic ring is 1. The molecule has 0 saturated heterocycles. The maximum atomic E-state index is 11.7. The molecule has 2 aromatic rings. The van der Waals surface area contributed by atoms with Crippen LogP contribution in [-0.2, 0) is 18.3 Å². The molecule has 0 aliphatic carbocycles. The van der Waals surface area contributed by atoms with Gasteiger partial charge < -0.3 is 15.2 Å². The normalized spacial score (nSPS) is 14.6. The minimum absolute atomic E-state index is 0.163. The van der Waals surface area contributed by atoms with E-state index in [1.54, 1.807) is 4.90 Å². The lowest BCUT2D eigenvalue weighted by molar-refractivity contribution is -0.118. The fourth-order valence-corrected chi connectivity index (χ4v) is 3.27. The summed E-state index contributed by atoms with van der Waals surface area (Å²) in [5.74, 6) is 0.632. The van der Waals surface area contributed by atoms with Crippen LogP contribution in [0.5, 0.6) is 0 Å². The Hall–Kier alpha value is -1.82. The molecule has 2 heterocycles. The van der Waals surface area contributed by atoms with Crippen LogP contribution in [0.25, 0.3) is 11.3 Å². The van der Waals surface area contributed by atoms with Gasteiger partial charge in [0, 0.05) is 31.8 Å². The van der Waals surface area contributed by atoms with Gasteiger partial charge in [-0.3, -0.25) is 4.79 Å². The third-order valence-corrected chi connectivity index (χ3v) is 4.34. The van der Waals surface area contributed by atoms with Crippen LogP contribution in [0.3, 0.4) is 0 Å². The number of hydrogen-bond donors (Lipinski definition) is 1. The fourth-order valence-electron chi connectivity index (χ4n) is 2.60.